The summed E-state index contributed by atoms with van der Waals surface area (Å²) < 4.78 is 26.4. The molecule has 2 rings (SSSR count). The maximum absolute atomic E-state index is 12.0. The van der Waals surface area contributed by atoms with Gasteiger partial charge in [0, 0.05) is 23.2 Å². The standard InChI is InChI=1S/C11H13N3O2S/c1-8(12)14-17(15,16)11-4-2-3-9-7-13-6-5-10(9)11/h2-8,14H,12H2,1H3. The Morgan fingerprint density at radius 2 is 2.12 bits per heavy atom. The number of aromatic nitrogens is 1. The summed E-state index contributed by atoms with van der Waals surface area (Å²) in [4.78, 5) is 4.17. The lowest BCUT2D eigenvalue weighted by Gasteiger charge is -2.11. The minimum Gasteiger partial charge on any atom is -0.315 e. The maximum atomic E-state index is 12.0. The lowest BCUT2D eigenvalue weighted by Crippen LogP contribution is -2.38. The lowest BCUT2D eigenvalue weighted by molar-refractivity contribution is 0.566. The molecule has 6 heteroatoms. The van der Waals surface area contributed by atoms with Crippen molar-refractivity contribution in [1.82, 2.24) is 9.71 Å². The van der Waals surface area contributed by atoms with Gasteiger partial charge in [-0.3, -0.25) is 4.98 Å². The molecule has 0 saturated carbocycles. The van der Waals surface area contributed by atoms with Crippen LogP contribution in [0.15, 0.2) is 41.6 Å². The molecule has 1 unspecified atom stereocenters. The van der Waals surface area contributed by atoms with Crippen molar-refractivity contribution in [2.24, 2.45) is 5.73 Å². The highest BCUT2D eigenvalue weighted by Gasteiger charge is 2.17. The summed E-state index contributed by atoms with van der Waals surface area (Å²) in [6.07, 6.45) is 2.56. The first-order valence-corrected chi connectivity index (χ1v) is 6.60. The van der Waals surface area contributed by atoms with E-state index in [1.54, 1.807) is 37.5 Å². The average molecular weight is 251 g/mol. The summed E-state index contributed by atoms with van der Waals surface area (Å²) >= 11 is 0. The minimum atomic E-state index is -3.59. The van der Waals surface area contributed by atoms with Gasteiger partial charge in [-0.2, -0.15) is 4.72 Å². The molecule has 90 valence electrons. The zero-order chi connectivity index (χ0) is 12.5. The Balaban J connectivity index is 2.63. The second-order valence-corrected chi connectivity index (χ2v) is 5.45. The number of pyridine rings is 1. The quantitative estimate of drug-likeness (QED) is 0.791. The van der Waals surface area contributed by atoms with E-state index in [1.165, 1.54) is 0 Å². The smallest absolute Gasteiger partial charge is 0.242 e. The van der Waals surface area contributed by atoms with Crippen molar-refractivity contribution in [2.45, 2.75) is 18.0 Å². The first-order valence-electron chi connectivity index (χ1n) is 5.11. The first-order chi connectivity index (χ1) is 8.00. The van der Waals surface area contributed by atoms with E-state index < -0.39 is 16.2 Å². The Morgan fingerprint density at radius 1 is 1.35 bits per heavy atom. The van der Waals surface area contributed by atoms with Gasteiger partial charge in [0.25, 0.3) is 0 Å². The molecule has 0 aliphatic rings. The van der Waals surface area contributed by atoms with Gasteiger partial charge >= 0.3 is 0 Å². The Labute approximate surface area is 99.7 Å². The Hall–Kier alpha value is -1.50. The van der Waals surface area contributed by atoms with Crippen LogP contribution in [0.2, 0.25) is 0 Å². The fourth-order valence-electron chi connectivity index (χ4n) is 1.64. The van der Waals surface area contributed by atoms with Gasteiger partial charge in [0.15, 0.2) is 0 Å². The van der Waals surface area contributed by atoms with Crippen molar-refractivity contribution >= 4 is 20.8 Å². The van der Waals surface area contributed by atoms with Crippen LogP contribution < -0.4 is 10.5 Å². The number of nitrogens with one attached hydrogen (secondary N) is 1. The van der Waals surface area contributed by atoms with Gasteiger partial charge in [0.2, 0.25) is 10.0 Å². The van der Waals surface area contributed by atoms with Gasteiger partial charge in [0.1, 0.15) is 0 Å². The SMILES string of the molecule is CC(N)NS(=O)(=O)c1cccc2cnccc12. The third-order valence-corrected chi connectivity index (χ3v) is 3.89. The highest BCUT2D eigenvalue weighted by Crippen LogP contribution is 2.21. The Morgan fingerprint density at radius 3 is 2.82 bits per heavy atom. The molecule has 1 aromatic carbocycles. The van der Waals surface area contributed by atoms with Gasteiger partial charge in [-0.15, -0.1) is 0 Å². The van der Waals surface area contributed by atoms with Crippen LogP contribution in [0.4, 0.5) is 0 Å². The van der Waals surface area contributed by atoms with E-state index in [4.69, 9.17) is 5.73 Å². The molecule has 0 saturated heterocycles. The van der Waals surface area contributed by atoms with Crippen molar-refractivity contribution in [3.05, 3.63) is 36.7 Å². The van der Waals surface area contributed by atoms with Crippen molar-refractivity contribution < 1.29 is 8.42 Å². The summed E-state index contributed by atoms with van der Waals surface area (Å²) in [6.45, 7) is 1.57. The van der Waals surface area contributed by atoms with Crippen LogP contribution in [-0.4, -0.2) is 19.6 Å². The van der Waals surface area contributed by atoms with Crippen molar-refractivity contribution in [3.63, 3.8) is 0 Å². The van der Waals surface area contributed by atoms with Crippen LogP contribution in [0, 0.1) is 0 Å². The second kappa shape index (κ2) is 4.40. The molecule has 1 atom stereocenters. The fraction of sp³-hybridized carbons (Fsp3) is 0.182. The number of rotatable bonds is 3. The van der Waals surface area contributed by atoms with E-state index in [9.17, 15) is 8.42 Å². The topological polar surface area (TPSA) is 85.1 Å². The molecule has 0 amide bonds. The number of hydrogen-bond acceptors (Lipinski definition) is 4. The predicted octanol–water partition coefficient (Wildman–Crippen LogP) is 0.818. The summed E-state index contributed by atoms with van der Waals surface area (Å²) in [6, 6.07) is 6.71. The van der Waals surface area contributed by atoms with E-state index in [1.807, 2.05) is 6.07 Å². The van der Waals surface area contributed by atoms with Crippen molar-refractivity contribution in [1.29, 1.82) is 0 Å². The minimum absolute atomic E-state index is 0.217. The molecule has 0 spiro atoms. The molecular formula is C11H13N3O2S. The molecular weight excluding hydrogens is 238 g/mol. The van der Waals surface area contributed by atoms with Crippen LogP contribution in [0.25, 0.3) is 10.8 Å². The zero-order valence-electron chi connectivity index (χ0n) is 9.29. The molecule has 1 aromatic heterocycles. The summed E-state index contributed by atoms with van der Waals surface area (Å²) in [5.74, 6) is 0. The number of nitrogens with zero attached hydrogens (tertiary/aromatic N) is 1. The van der Waals surface area contributed by atoms with Crippen LogP contribution in [0.5, 0.6) is 0 Å². The molecule has 17 heavy (non-hydrogen) atoms. The van der Waals surface area contributed by atoms with Crippen LogP contribution in [-0.2, 0) is 10.0 Å². The first kappa shape index (κ1) is 12.0. The summed E-state index contributed by atoms with van der Waals surface area (Å²) in [5, 5.41) is 1.41. The maximum Gasteiger partial charge on any atom is 0.242 e. The monoisotopic (exact) mass is 251 g/mol. The third-order valence-electron chi connectivity index (χ3n) is 2.27. The van der Waals surface area contributed by atoms with Gasteiger partial charge in [-0.05, 0) is 19.1 Å². The number of benzene rings is 1. The molecule has 1 heterocycles. The molecule has 0 radical (unpaired) electrons. The van der Waals surface area contributed by atoms with Crippen LogP contribution in [0.3, 0.4) is 0 Å². The highest BCUT2D eigenvalue weighted by atomic mass is 32.2. The molecule has 0 bridgehead atoms. The molecule has 0 fully saturated rings. The molecule has 0 aliphatic carbocycles. The summed E-state index contributed by atoms with van der Waals surface area (Å²) in [5.41, 5.74) is 5.46. The largest absolute Gasteiger partial charge is 0.315 e. The number of hydrogen-bond donors (Lipinski definition) is 2. The Kier molecular flexibility index (Phi) is 3.10. The van der Waals surface area contributed by atoms with E-state index in [-0.39, 0.29) is 4.90 Å². The molecule has 2 aromatic rings. The van der Waals surface area contributed by atoms with E-state index >= 15 is 0 Å². The number of nitrogens with two attached hydrogens (primary N) is 1. The lowest BCUT2D eigenvalue weighted by atomic mass is 10.2. The van der Waals surface area contributed by atoms with Gasteiger partial charge < -0.3 is 5.73 Å². The van der Waals surface area contributed by atoms with Crippen molar-refractivity contribution in [3.8, 4) is 0 Å². The molecule has 3 N–H and O–H groups in total. The molecule has 5 nitrogen and oxygen atoms in total. The highest BCUT2D eigenvalue weighted by molar-refractivity contribution is 7.89. The Bertz CT molecular complexity index is 633. The fourth-order valence-corrected chi connectivity index (χ4v) is 2.98. The zero-order valence-corrected chi connectivity index (χ0v) is 10.1. The van der Waals surface area contributed by atoms with Gasteiger partial charge in [-0.1, -0.05) is 12.1 Å². The predicted molar refractivity (Wildman–Crippen MR) is 65.7 cm³/mol. The van der Waals surface area contributed by atoms with Crippen LogP contribution >= 0.6 is 0 Å². The number of fused-ring (bicyclic) bond motifs is 1. The van der Waals surface area contributed by atoms with E-state index in [2.05, 4.69) is 9.71 Å². The van der Waals surface area contributed by atoms with E-state index in [0.717, 1.165) is 5.39 Å². The third kappa shape index (κ3) is 2.44. The number of sulfonamides is 1. The molecule has 0 aliphatic heterocycles. The van der Waals surface area contributed by atoms with E-state index in [0.29, 0.717) is 5.39 Å². The normalized spacial score (nSPS) is 13.8. The van der Waals surface area contributed by atoms with Crippen molar-refractivity contribution in [2.75, 3.05) is 0 Å². The summed E-state index contributed by atoms with van der Waals surface area (Å²) in [7, 11) is -3.59. The van der Waals surface area contributed by atoms with Gasteiger partial charge in [-0.25, -0.2) is 8.42 Å². The second-order valence-electron chi connectivity index (χ2n) is 3.76. The van der Waals surface area contributed by atoms with Gasteiger partial charge in [0.05, 0.1) is 11.1 Å². The van der Waals surface area contributed by atoms with Crippen LogP contribution in [0.1, 0.15) is 6.92 Å². The average Bonchev–Trinajstić information content (AvgIpc) is 2.26.